The fourth-order valence-electron chi connectivity index (χ4n) is 2.22. The van der Waals surface area contributed by atoms with Crippen LogP contribution in [0.4, 0.5) is 0 Å². The molecule has 9 heteroatoms. The molecule has 0 radical (unpaired) electrons. The molecule has 1 aliphatic heterocycles. The Bertz CT molecular complexity index is 676. The van der Waals surface area contributed by atoms with Crippen LogP contribution < -0.4 is 0 Å². The molecule has 1 unspecified atom stereocenters. The van der Waals surface area contributed by atoms with Crippen LogP contribution >= 0.6 is 21.4 Å². The van der Waals surface area contributed by atoms with Crippen LogP contribution in [0, 0.1) is 0 Å². The van der Waals surface area contributed by atoms with Crippen molar-refractivity contribution in [3.05, 3.63) is 43.0 Å². The van der Waals surface area contributed by atoms with E-state index in [9.17, 15) is 8.42 Å². The van der Waals surface area contributed by atoms with Gasteiger partial charge in [0.05, 0.1) is 4.90 Å². The summed E-state index contributed by atoms with van der Waals surface area (Å²) in [5.74, 6) is 0. The normalized spacial score (nSPS) is 17.4. The number of hydrogen-bond acceptors (Lipinski definition) is 5. The van der Waals surface area contributed by atoms with Gasteiger partial charge in [0.1, 0.15) is 5.37 Å². The summed E-state index contributed by atoms with van der Waals surface area (Å²) in [7, 11) is 1.49. The third-order valence-electron chi connectivity index (χ3n) is 3.09. The summed E-state index contributed by atoms with van der Waals surface area (Å²) in [5, 5.41) is -0.590. The van der Waals surface area contributed by atoms with Crippen LogP contribution in [0.5, 0.6) is 0 Å². The first-order valence-electron chi connectivity index (χ1n) is 6.46. The lowest BCUT2D eigenvalue weighted by molar-refractivity contribution is 0.339. The lowest BCUT2D eigenvalue weighted by Gasteiger charge is -2.24. The van der Waals surface area contributed by atoms with Crippen molar-refractivity contribution >= 4 is 39.5 Å². The highest BCUT2D eigenvalue weighted by Gasteiger charge is 2.31. The van der Waals surface area contributed by atoms with Crippen LogP contribution in [0.1, 0.15) is 12.8 Å². The molecule has 1 aromatic carbocycles. The summed E-state index contributed by atoms with van der Waals surface area (Å²) in [6.07, 6.45) is 3.66. The Labute approximate surface area is 140 Å². The summed E-state index contributed by atoms with van der Waals surface area (Å²) < 4.78 is 43.2. The van der Waals surface area contributed by atoms with Crippen molar-refractivity contribution in [3.8, 4) is 0 Å². The molecule has 0 aromatic heterocycles. The van der Waals surface area contributed by atoms with Crippen molar-refractivity contribution in [1.29, 1.82) is 0 Å². The minimum Gasteiger partial charge on any atom is -0.284 e. The standard InChI is InChI=1S/C13H17NO2S.Cl2O2S/c1-2-13(14-10-6-7-11-14)17(15,16)12-8-4-3-5-9-12;1-5(2,3)4/h2-5,8-9,13H,1,6-7,10-11H2;. The molecule has 0 saturated carbocycles. The fourth-order valence-corrected chi connectivity index (χ4v) is 3.89. The van der Waals surface area contributed by atoms with E-state index < -0.39 is 23.5 Å². The van der Waals surface area contributed by atoms with Gasteiger partial charge in [-0.2, -0.15) is 8.42 Å². The van der Waals surface area contributed by atoms with Crippen LogP contribution in [0.25, 0.3) is 0 Å². The maximum absolute atomic E-state index is 12.4. The average molecular weight is 386 g/mol. The minimum absolute atomic E-state index is 0.372. The summed E-state index contributed by atoms with van der Waals surface area (Å²) in [6.45, 7) is 5.35. The second kappa shape index (κ2) is 8.31. The molecule has 0 aliphatic carbocycles. The van der Waals surface area contributed by atoms with Gasteiger partial charge in [-0.05, 0) is 38.1 Å². The number of benzene rings is 1. The number of hydrogen-bond donors (Lipinski definition) is 0. The maximum atomic E-state index is 12.4. The molecule has 124 valence electrons. The highest BCUT2D eigenvalue weighted by atomic mass is 36.0. The van der Waals surface area contributed by atoms with E-state index in [0.717, 1.165) is 25.9 Å². The second-order valence-electron chi connectivity index (χ2n) is 4.61. The monoisotopic (exact) mass is 385 g/mol. The predicted molar refractivity (Wildman–Crippen MR) is 89.0 cm³/mol. The largest absolute Gasteiger partial charge is 0.317 e. The topological polar surface area (TPSA) is 71.5 Å². The SMILES string of the molecule is C=CC(N1CCCC1)S(=O)(=O)c1ccccc1.O=S(=O)(Cl)Cl. The number of likely N-dealkylation sites (tertiary alicyclic amines) is 1. The van der Waals surface area contributed by atoms with Gasteiger partial charge in [-0.3, -0.25) is 4.90 Å². The molecule has 0 amide bonds. The van der Waals surface area contributed by atoms with E-state index in [0.29, 0.717) is 4.90 Å². The fraction of sp³-hybridized carbons (Fsp3) is 0.385. The number of sulfone groups is 1. The third kappa shape index (κ3) is 6.26. The van der Waals surface area contributed by atoms with E-state index in [-0.39, 0.29) is 0 Å². The number of rotatable bonds is 4. The molecule has 1 saturated heterocycles. The molecule has 1 atom stereocenters. The van der Waals surface area contributed by atoms with E-state index in [1.807, 2.05) is 11.0 Å². The van der Waals surface area contributed by atoms with Gasteiger partial charge < -0.3 is 0 Å². The van der Waals surface area contributed by atoms with E-state index >= 15 is 0 Å². The lowest BCUT2D eigenvalue weighted by atomic mass is 10.4. The van der Waals surface area contributed by atoms with Gasteiger partial charge in [0.25, 0.3) is 0 Å². The van der Waals surface area contributed by atoms with Crippen molar-refractivity contribution in [1.82, 2.24) is 4.90 Å². The first-order valence-corrected chi connectivity index (χ1v) is 11.1. The van der Waals surface area contributed by atoms with Gasteiger partial charge in [0.15, 0.2) is 9.84 Å². The van der Waals surface area contributed by atoms with E-state index in [1.54, 1.807) is 24.3 Å². The van der Waals surface area contributed by atoms with E-state index in [4.69, 9.17) is 8.42 Å². The first-order chi connectivity index (χ1) is 10.2. The van der Waals surface area contributed by atoms with Gasteiger partial charge in [-0.15, -0.1) is 6.58 Å². The molecule has 1 fully saturated rings. The van der Waals surface area contributed by atoms with E-state index in [2.05, 4.69) is 27.9 Å². The van der Waals surface area contributed by atoms with Gasteiger partial charge in [-0.25, -0.2) is 8.42 Å². The third-order valence-corrected chi connectivity index (χ3v) is 5.15. The highest BCUT2D eigenvalue weighted by Crippen LogP contribution is 2.22. The van der Waals surface area contributed by atoms with Crippen molar-refractivity contribution in [2.45, 2.75) is 23.1 Å². The molecular formula is C13H17Cl2NO4S2. The van der Waals surface area contributed by atoms with E-state index in [1.165, 1.54) is 6.08 Å². The van der Waals surface area contributed by atoms with Crippen molar-refractivity contribution in [2.75, 3.05) is 13.1 Å². The number of halogens is 2. The first kappa shape index (κ1) is 19.4. The molecule has 22 heavy (non-hydrogen) atoms. The molecule has 0 spiro atoms. The van der Waals surface area contributed by atoms with Crippen molar-refractivity contribution in [2.24, 2.45) is 0 Å². The van der Waals surface area contributed by atoms with Crippen LogP contribution in [0.15, 0.2) is 47.9 Å². The van der Waals surface area contributed by atoms with Gasteiger partial charge in [0.2, 0.25) is 0 Å². The maximum Gasteiger partial charge on any atom is 0.317 e. The Morgan fingerprint density at radius 2 is 1.50 bits per heavy atom. The smallest absolute Gasteiger partial charge is 0.284 e. The van der Waals surface area contributed by atoms with Gasteiger partial charge in [-0.1, -0.05) is 24.3 Å². The summed E-state index contributed by atoms with van der Waals surface area (Å²) >= 11 is 0. The summed E-state index contributed by atoms with van der Waals surface area (Å²) in [6, 6.07) is 8.59. The van der Waals surface area contributed by atoms with Gasteiger partial charge >= 0.3 is 8.26 Å². The Kier molecular flexibility index (Phi) is 7.34. The average Bonchev–Trinajstić information content (AvgIpc) is 2.92. The molecule has 0 bridgehead atoms. The van der Waals surface area contributed by atoms with Crippen molar-refractivity contribution in [3.63, 3.8) is 0 Å². The summed E-state index contributed by atoms with van der Waals surface area (Å²) in [4.78, 5) is 2.35. The van der Waals surface area contributed by atoms with Crippen LogP contribution in [-0.4, -0.2) is 40.2 Å². The molecule has 2 rings (SSSR count). The Morgan fingerprint density at radius 1 is 1.05 bits per heavy atom. The van der Waals surface area contributed by atoms with Crippen LogP contribution in [0.3, 0.4) is 0 Å². The second-order valence-corrected chi connectivity index (χ2v) is 10.3. The van der Waals surface area contributed by atoms with Gasteiger partial charge in [0, 0.05) is 21.4 Å². The predicted octanol–water partition coefficient (Wildman–Crippen LogP) is 2.78. The highest BCUT2D eigenvalue weighted by molar-refractivity contribution is 8.31. The van der Waals surface area contributed by atoms with Crippen molar-refractivity contribution < 1.29 is 16.8 Å². The number of nitrogens with zero attached hydrogens (tertiary/aromatic N) is 1. The summed E-state index contributed by atoms with van der Waals surface area (Å²) in [5.41, 5.74) is 0. The Balaban J connectivity index is 0.000000422. The Morgan fingerprint density at radius 3 is 1.91 bits per heavy atom. The molecular weight excluding hydrogens is 369 g/mol. The van der Waals surface area contributed by atoms with Crippen LogP contribution in [-0.2, 0) is 18.1 Å². The molecule has 5 nitrogen and oxygen atoms in total. The molecule has 0 N–H and O–H groups in total. The lowest BCUT2D eigenvalue weighted by Crippen LogP contribution is -2.37. The molecule has 1 aliphatic rings. The molecule has 1 aromatic rings. The Hall–Kier alpha value is -0.600. The zero-order valence-electron chi connectivity index (χ0n) is 11.7. The zero-order chi connectivity index (χ0) is 16.8. The van der Waals surface area contributed by atoms with Crippen LogP contribution in [0.2, 0.25) is 0 Å². The quantitative estimate of drug-likeness (QED) is 0.588. The zero-order valence-corrected chi connectivity index (χ0v) is 14.9. The minimum atomic E-state index is -3.72. The molecule has 1 heterocycles.